The lowest BCUT2D eigenvalue weighted by atomic mass is 10.0. The molecule has 2 aromatic carbocycles. The highest BCUT2D eigenvalue weighted by atomic mass is 32.2. The molecule has 0 radical (unpaired) electrons. The van der Waals surface area contributed by atoms with Gasteiger partial charge in [-0.05, 0) is 59.6 Å². The fraction of sp³-hybridized carbons (Fsp3) is 0.333. The first-order chi connectivity index (χ1) is 16.4. The van der Waals surface area contributed by atoms with E-state index in [1.54, 1.807) is 6.08 Å². The number of thioether (sulfide) groups is 1. The van der Waals surface area contributed by atoms with Crippen LogP contribution in [0.4, 0.5) is 4.39 Å². The third kappa shape index (κ3) is 4.95. The van der Waals surface area contributed by atoms with Crippen LogP contribution in [-0.4, -0.2) is 38.9 Å². The van der Waals surface area contributed by atoms with Gasteiger partial charge in [0.1, 0.15) is 5.82 Å². The van der Waals surface area contributed by atoms with Gasteiger partial charge in [0.15, 0.2) is 0 Å². The molecule has 0 fully saturated rings. The topological polar surface area (TPSA) is 64.2 Å². The Hall–Kier alpha value is -2.90. The van der Waals surface area contributed by atoms with Crippen LogP contribution in [-0.2, 0) is 32.2 Å². The summed E-state index contributed by atoms with van der Waals surface area (Å²) in [7, 11) is 1.95. The van der Waals surface area contributed by atoms with E-state index in [1.807, 2.05) is 52.8 Å². The summed E-state index contributed by atoms with van der Waals surface area (Å²) in [5.41, 5.74) is 12.8. The number of benzene rings is 2. The van der Waals surface area contributed by atoms with Gasteiger partial charge in [0.2, 0.25) is 0 Å². The molecule has 2 N–H and O–H groups in total. The van der Waals surface area contributed by atoms with Crippen molar-refractivity contribution in [1.29, 1.82) is 0 Å². The summed E-state index contributed by atoms with van der Waals surface area (Å²) >= 11 is 1.86. The Balaban J connectivity index is 1.58. The van der Waals surface area contributed by atoms with Gasteiger partial charge in [0.05, 0.1) is 11.9 Å². The van der Waals surface area contributed by atoms with Crippen LogP contribution in [0.15, 0.2) is 55.3 Å². The van der Waals surface area contributed by atoms with Gasteiger partial charge in [-0.2, -0.15) is 16.9 Å². The molecule has 1 amide bonds. The number of allylic oxidation sites excluding steroid dienone is 1. The summed E-state index contributed by atoms with van der Waals surface area (Å²) in [6.45, 7) is 6.69. The van der Waals surface area contributed by atoms with Crippen molar-refractivity contribution in [2.24, 2.45) is 12.8 Å². The minimum Gasteiger partial charge on any atom is -0.330 e. The van der Waals surface area contributed by atoms with Crippen LogP contribution in [0, 0.1) is 5.82 Å². The second-order valence-corrected chi connectivity index (χ2v) is 9.91. The molecule has 1 aliphatic heterocycles. The molecule has 3 aromatic rings. The van der Waals surface area contributed by atoms with Crippen LogP contribution in [0.5, 0.6) is 0 Å². The second-order valence-electron chi connectivity index (χ2n) is 8.64. The largest absolute Gasteiger partial charge is 0.330 e. The number of nitrogens with two attached hydrogens (primary N) is 1. The maximum Gasteiger partial charge on any atom is 0.254 e. The highest BCUT2D eigenvalue weighted by molar-refractivity contribution is 7.98. The van der Waals surface area contributed by atoms with Gasteiger partial charge < -0.3 is 10.6 Å². The molecule has 178 valence electrons. The second kappa shape index (κ2) is 10.6. The lowest BCUT2D eigenvalue weighted by Gasteiger charge is -2.27. The molecule has 2 heterocycles. The Kier molecular flexibility index (Phi) is 7.54. The van der Waals surface area contributed by atoms with Crippen LogP contribution in [0.3, 0.4) is 0 Å². The van der Waals surface area contributed by atoms with Crippen LogP contribution in [0.25, 0.3) is 11.3 Å². The van der Waals surface area contributed by atoms with E-state index in [4.69, 9.17) is 5.73 Å². The summed E-state index contributed by atoms with van der Waals surface area (Å²) in [6.07, 6.45) is 4.78. The number of hydrogen-bond donors (Lipinski definition) is 1. The standard InChI is InChI=1S/C27H31FN4OS/c1-4-6-18-9-19(11-23(28)10-18)12-24(14-29)32-16-21-13-20(7-8-25(21)27(32)33)26-22(17-34-5-2)15-30-31(26)3/h4,7-11,13,15,24H,1,5-6,12,14,16-17,29H2,2-3H3. The van der Waals surface area contributed by atoms with E-state index in [-0.39, 0.29) is 17.8 Å². The number of hydrogen-bond acceptors (Lipinski definition) is 4. The number of carbonyl (C=O) groups excluding carboxylic acids is 1. The van der Waals surface area contributed by atoms with E-state index in [1.165, 1.54) is 17.7 Å². The van der Waals surface area contributed by atoms with E-state index < -0.39 is 0 Å². The number of fused-ring (bicyclic) bond motifs is 1. The first kappa shape index (κ1) is 24.2. The summed E-state index contributed by atoms with van der Waals surface area (Å²) in [5.74, 6) is 1.65. The normalized spacial score (nSPS) is 13.9. The molecular formula is C27H31FN4OS. The van der Waals surface area contributed by atoms with Crippen LogP contribution in [0.2, 0.25) is 0 Å². The van der Waals surface area contributed by atoms with E-state index in [2.05, 4.69) is 24.7 Å². The molecule has 34 heavy (non-hydrogen) atoms. The average Bonchev–Trinajstić information content (AvgIpc) is 3.34. The highest BCUT2D eigenvalue weighted by Gasteiger charge is 2.32. The van der Waals surface area contributed by atoms with Crippen molar-refractivity contribution in [3.63, 3.8) is 0 Å². The number of amides is 1. The number of aryl methyl sites for hydroxylation is 1. The van der Waals surface area contributed by atoms with Crippen molar-refractivity contribution >= 4 is 17.7 Å². The first-order valence-electron chi connectivity index (χ1n) is 11.6. The summed E-state index contributed by atoms with van der Waals surface area (Å²) in [4.78, 5) is 15.1. The van der Waals surface area contributed by atoms with Crippen molar-refractivity contribution < 1.29 is 9.18 Å². The van der Waals surface area contributed by atoms with Gasteiger partial charge in [-0.15, -0.1) is 6.58 Å². The Morgan fingerprint density at radius 3 is 2.79 bits per heavy atom. The molecule has 7 heteroatoms. The van der Waals surface area contributed by atoms with Crippen molar-refractivity contribution in [2.75, 3.05) is 12.3 Å². The van der Waals surface area contributed by atoms with Crippen molar-refractivity contribution in [2.45, 2.75) is 38.1 Å². The number of rotatable bonds is 10. The number of carbonyl (C=O) groups is 1. The van der Waals surface area contributed by atoms with E-state index in [9.17, 15) is 9.18 Å². The number of aromatic nitrogens is 2. The molecule has 5 nitrogen and oxygen atoms in total. The van der Waals surface area contributed by atoms with E-state index >= 15 is 0 Å². The Labute approximate surface area is 204 Å². The monoisotopic (exact) mass is 478 g/mol. The quantitative estimate of drug-likeness (QED) is 0.428. The zero-order valence-corrected chi connectivity index (χ0v) is 20.6. The Bertz CT molecular complexity index is 1210. The molecule has 0 spiro atoms. The lowest BCUT2D eigenvalue weighted by molar-refractivity contribution is 0.0708. The molecule has 0 saturated carbocycles. The molecule has 0 saturated heterocycles. The van der Waals surface area contributed by atoms with Gasteiger partial charge in [-0.3, -0.25) is 9.48 Å². The minimum absolute atomic E-state index is 0.0218. The van der Waals surface area contributed by atoms with E-state index in [0.29, 0.717) is 31.5 Å². The predicted molar refractivity (Wildman–Crippen MR) is 137 cm³/mol. The number of nitrogens with zero attached hydrogens (tertiary/aromatic N) is 3. The fourth-order valence-corrected chi connectivity index (χ4v) is 5.31. The van der Waals surface area contributed by atoms with Crippen LogP contribution in [0.1, 0.15) is 39.5 Å². The molecule has 0 bridgehead atoms. The van der Waals surface area contributed by atoms with Gasteiger partial charge >= 0.3 is 0 Å². The molecule has 1 aliphatic rings. The van der Waals surface area contributed by atoms with Crippen molar-refractivity contribution in [1.82, 2.24) is 14.7 Å². The summed E-state index contributed by atoms with van der Waals surface area (Å²) in [6, 6.07) is 10.8. The molecule has 0 aliphatic carbocycles. The summed E-state index contributed by atoms with van der Waals surface area (Å²) in [5, 5.41) is 4.46. The molecule has 1 aromatic heterocycles. The SMILES string of the molecule is C=CCc1cc(F)cc(CC(CN)N2Cc3cc(-c4c(CSCC)cnn4C)ccc3C2=O)c1. The predicted octanol–water partition coefficient (Wildman–Crippen LogP) is 4.73. The maximum atomic E-state index is 14.1. The van der Waals surface area contributed by atoms with Crippen molar-refractivity contribution in [3.05, 3.63) is 88.9 Å². The van der Waals surface area contributed by atoms with Gasteiger partial charge in [-0.1, -0.05) is 25.1 Å². The molecule has 1 atom stereocenters. The zero-order valence-electron chi connectivity index (χ0n) is 19.8. The summed E-state index contributed by atoms with van der Waals surface area (Å²) < 4.78 is 16.0. The Morgan fingerprint density at radius 1 is 1.26 bits per heavy atom. The molecule has 1 unspecified atom stereocenters. The van der Waals surface area contributed by atoms with Gasteiger partial charge in [0.25, 0.3) is 5.91 Å². The molecular weight excluding hydrogens is 447 g/mol. The minimum atomic E-state index is -0.279. The smallest absolute Gasteiger partial charge is 0.254 e. The third-order valence-electron chi connectivity index (χ3n) is 6.27. The maximum absolute atomic E-state index is 14.1. The van der Waals surface area contributed by atoms with Crippen LogP contribution >= 0.6 is 11.8 Å². The first-order valence-corrected chi connectivity index (χ1v) is 12.7. The van der Waals surface area contributed by atoms with Crippen LogP contribution < -0.4 is 5.73 Å². The van der Waals surface area contributed by atoms with Gasteiger partial charge in [0, 0.05) is 48.6 Å². The fourth-order valence-electron chi connectivity index (χ4n) is 4.67. The zero-order chi connectivity index (χ0) is 24.2. The highest BCUT2D eigenvalue weighted by Crippen LogP contribution is 2.32. The van der Waals surface area contributed by atoms with E-state index in [0.717, 1.165) is 39.5 Å². The third-order valence-corrected chi connectivity index (χ3v) is 7.19. The molecule has 4 rings (SSSR count). The average molecular weight is 479 g/mol. The van der Waals surface area contributed by atoms with Crippen molar-refractivity contribution in [3.8, 4) is 11.3 Å². The Morgan fingerprint density at radius 2 is 2.06 bits per heavy atom. The lowest BCUT2D eigenvalue weighted by Crippen LogP contribution is -2.42. The number of halogens is 1. The van der Waals surface area contributed by atoms with Gasteiger partial charge in [-0.25, -0.2) is 4.39 Å².